The predicted octanol–water partition coefficient (Wildman–Crippen LogP) is 6.87. The van der Waals surface area contributed by atoms with Gasteiger partial charge in [-0.2, -0.15) is 0 Å². The lowest BCUT2D eigenvalue weighted by molar-refractivity contribution is -0.140. The average Bonchev–Trinajstić information content (AvgIpc) is 3.10. The summed E-state index contributed by atoms with van der Waals surface area (Å²) in [6.07, 6.45) is 2.88. The van der Waals surface area contributed by atoms with Crippen molar-refractivity contribution in [2.24, 2.45) is 0 Å². The van der Waals surface area contributed by atoms with Gasteiger partial charge >= 0.3 is 0 Å². The Morgan fingerprint density at radius 1 is 0.875 bits per heavy atom. The van der Waals surface area contributed by atoms with Crippen LogP contribution in [-0.4, -0.2) is 56.6 Å². The molecule has 0 aliphatic rings. The van der Waals surface area contributed by atoms with E-state index in [1.54, 1.807) is 48.5 Å². The van der Waals surface area contributed by atoms with E-state index < -0.39 is 28.5 Å². The molecular weight excluding hydrogens is 643 g/mol. The molecule has 0 unspecified atom stereocenters. The molecule has 48 heavy (non-hydrogen) atoms. The van der Waals surface area contributed by atoms with Crippen molar-refractivity contribution in [1.82, 2.24) is 10.2 Å². The van der Waals surface area contributed by atoms with Gasteiger partial charge in [-0.15, -0.1) is 11.8 Å². The number of ether oxygens (including phenoxy) is 1. The van der Waals surface area contributed by atoms with E-state index in [1.807, 2.05) is 88.5 Å². The third kappa shape index (κ3) is 9.20. The first kappa shape index (κ1) is 36.6. The Morgan fingerprint density at radius 3 is 2.17 bits per heavy atom. The Bertz CT molecular complexity index is 1760. The minimum Gasteiger partial charge on any atom is -0.492 e. The lowest BCUT2D eigenvalue weighted by Gasteiger charge is -2.35. The van der Waals surface area contributed by atoms with Gasteiger partial charge in [0.25, 0.3) is 10.0 Å². The summed E-state index contributed by atoms with van der Waals surface area (Å²) in [5.41, 5.74) is 2.93. The fourth-order valence-electron chi connectivity index (χ4n) is 5.30. The molecule has 4 rings (SSSR count). The van der Waals surface area contributed by atoms with Gasteiger partial charge in [0.1, 0.15) is 18.3 Å². The molecular formula is C38H45N3O5S2. The summed E-state index contributed by atoms with van der Waals surface area (Å²) in [5.74, 6) is -0.487. The standard InChI is InChI=1S/C38H45N3O5S2/c1-6-29(4)39-38(43)35(25-30-16-9-8-10-17-30)40(26-31-18-12-11-15-28(31)3)37(42)27-41(34-19-13-14-20-36(34)46-7-2)48(44,45)33-23-21-32(47-5)22-24-33/h8-24,29,35H,6-7,25-27H2,1-5H3,(H,39,43)/t29-,35+/m1/s1. The van der Waals surface area contributed by atoms with E-state index in [0.717, 1.165) is 25.9 Å². The molecule has 10 heteroatoms. The maximum Gasteiger partial charge on any atom is 0.264 e. The normalized spacial score (nSPS) is 12.5. The highest BCUT2D eigenvalue weighted by atomic mass is 32.2. The fourth-order valence-corrected chi connectivity index (χ4v) is 7.13. The van der Waals surface area contributed by atoms with Crippen molar-refractivity contribution in [2.75, 3.05) is 23.7 Å². The van der Waals surface area contributed by atoms with Crippen LogP contribution in [0.2, 0.25) is 0 Å². The number of hydrogen-bond acceptors (Lipinski definition) is 6. The van der Waals surface area contributed by atoms with Crippen LogP contribution in [0.25, 0.3) is 0 Å². The largest absolute Gasteiger partial charge is 0.492 e. The van der Waals surface area contributed by atoms with Crippen LogP contribution in [0.5, 0.6) is 5.75 Å². The van der Waals surface area contributed by atoms with E-state index in [-0.39, 0.29) is 35.5 Å². The van der Waals surface area contributed by atoms with Gasteiger partial charge < -0.3 is 15.0 Å². The molecule has 0 saturated heterocycles. The monoisotopic (exact) mass is 687 g/mol. The summed E-state index contributed by atoms with van der Waals surface area (Å²) < 4.78 is 35.9. The Kier molecular flexibility index (Phi) is 13.1. The van der Waals surface area contributed by atoms with E-state index in [2.05, 4.69) is 5.32 Å². The molecule has 4 aromatic rings. The molecule has 2 amide bonds. The van der Waals surface area contributed by atoms with Gasteiger partial charge in [-0.1, -0.05) is 73.7 Å². The highest BCUT2D eigenvalue weighted by Crippen LogP contribution is 2.33. The number of hydrogen-bond donors (Lipinski definition) is 1. The second kappa shape index (κ2) is 17.2. The summed E-state index contributed by atoms with van der Waals surface area (Å²) in [6, 6.07) is 29.6. The lowest BCUT2D eigenvalue weighted by Crippen LogP contribution is -2.54. The molecule has 8 nitrogen and oxygen atoms in total. The van der Waals surface area contributed by atoms with Crippen LogP contribution in [-0.2, 0) is 32.6 Å². The van der Waals surface area contributed by atoms with E-state index in [9.17, 15) is 18.0 Å². The van der Waals surface area contributed by atoms with Crippen LogP contribution >= 0.6 is 11.8 Å². The molecule has 0 aliphatic heterocycles. The molecule has 0 heterocycles. The molecule has 254 valence electrons. The molecule has 0 bridgehead atoms. The summed E-state index contributed by atoms with van der Waals surface area (Å²) in [6.45, 7) is 7.54. The van der Waals surface area contributed by atoms with Gasteiger partial charge in [-0.25, -0.2) is 8.42 Å². The molecule has 0 radical (unpaired) electrons. The number of aryl methyl sites for hydroxylation is 1. The maximum absolute atomic E-state index is 14.8. The molecule has 1 N–H and O–H groups in total. The highest BCUT2D eigenvalue weighted by molar-refractivity contribution is 7.98. The van der Waals surface area contributed by atoms with Crippen molar-refractivity contribution in [3.63, 3.8) is 0 Å². The Labute approximate surface area is 289 Å². The number of rotatable bonds is 16. The Hall–Kier alpha value is -4.28. The topological polar surface area (TPSA) is 96.0 Å². The van der Waals surface area contributed by atoms with Crippen LogP contribution < -0.4 is 14.4 Å². The number of anilines is 1. The number of thioether (sulfide) groups is 1. The average molecular weight is 688 g/mol. The number of benzene rings is 4. The van der Waals surface area contributed by atoms with Crippen LogP contribution in [0.1, 0.15) is 43.9 Å². The lowest BCUT2D eigenvalue weighted by atomic mass is 10.0. The number of nitrogens with one attached hydrogen (secondary N) is 1. The van der Waals surface area contributed by atoms with E-state index in [4.69, 9.17) is 4.74 Å². The summed E-state index contributed by atoms with van der Waals surface area (Å²) in [4.78, 5) is 31.3. The van der Waals surface area contributed by atoms with Crippen LogP contribution in [0.4, 0.5) is 5.69 Å². The van der Waals surface area contributed by atoms with Crippen molar-refractivity contribution in [2.45, 2.75) is 69.0 Å². The number of carbonyl (C=O) groups excluding carboxylic acids is 2. The second-order valence-corrected chi connectivity index (χ2v) is 14.3. The highest BCUT2D eigenvalue weighted by Gasteiger charge is 2.36. The number of amides is 2. The van der Waals surface area contributed by atoms with Crippen molar-refractivity contribution >= 4 is 39.3 Å². The van der Waals surface area contributed by atoms with E-state index in [0.29, 0.717) is 18.8 Å². The smallest absolute Gasteiger partial charge is 0.264 e. The van der Waals surface area contributed by atoms with Gasteiger partial charge in [0.05, 0.1) is 17.2 Å². The third-order valence-corrected chi connectivity index (χ3v) is 10.8. The van der Waals surface area contributed by atoms with Crippen LogP contribution in [0.3, 0.4) is 0 Å². The molecule has 2 atom stereocenters. The van der Waals surface area contributed by atoms with Crippen molar-refractivity contribution < 1.29 is 22.7 Å². The first-order valence-electron chi connectivity index (χ1n) is 16.2. The Morgan fingerprint density at radius 2 is 1.52 bits per heavy atom. The van der Waals surface area contributed by atoms with Gasteiger partial charge in [0.2, 0.25) is 11.8 Å². The quantitative estimate of drug-likeness (QED) is 0.129. The van der Waals surface area contributed by atoms with Gasteiger partial charge in [0.15, 0.2) is 0 Å². The van der Waals surface area contributed by atoms with Crippen molar-refractivity contribution in [1.29, 1.82) is 0 Å². The number of sulfonamides is 1. The first-order chi connectivity index (χ1) is 23.1. The summed E-state index contributed by atoms with van der Waals surface area (Å²) in [5, 5.41) is 3.08. The first-order valence-corrected chi connectivity index (χ1v) is 18.8. The molecule has 4 aromatic carbocycles. The number of para-hydroxylation sites is 2. The maximum atomic E-state index is 14.8. The summed E-state index contributed by atoms with van der Waals surface area (Å²) in [7, 11) is -4.26. The fraction of sp³-hybridized carbons (Fsp3) is 0.316. The minimum absolute atomic E-state index is 0.0419. The zero-order chi connectivity index (χ0) is 34.7. The SMILES string of the molecule is CCOc1ccccc1N(CC(=O)N(Cc1ccccc1C)[C@@H](Cc1ccccc1)C(=O)N[C@H](C)CC)S(=O)(=O)c1ccc(SC)cc1. The zero-order valence-corrected chi connectivity index (χ0v) is 29.9. The van der Waals surface area contributed by atoms with Gasteiger partial charge in [-0.05, 0) is 86.5 Å². The molecule has 0 aliphatic carbocycles. The Balaban J connectivity index is 1.85. The van der Waals surface area contributed by atoms with Crippen LogP contribution in [0, 0.1) is 6.92 Å². The van der Waals surface area contributed by atoms with E-state index in [1.165, 1.54) is 16.7 Å². The zero-order valence-electron chi connectivity index (χ0n) is 28.3. The minimum atomic E-state index is -4.26. The summed E-state index contributed by atoms with van der Waals surface area (Å²) >= 11 is 1.50. The molecule has 0 fully saturated rings. The third-order valence-electron chi connectivity index (χ3n) is 8.23. The van der Waals surface area contributed by atoms with Crippen molar-refractivity contribution in [3.8, 4) is 5.75 Å². The van der Waals surface area contributed by atoms with E-state index >= 15 is 0 Å². The molecule has 0 spiro atoms. The van der Waals surface area contributed by atoms with Crippen LogP contribution in [0.15, 0.2) is 113 Å². The predicted molar refractivity (Wildman–Crippen MR) is 194 cm³/mol. The van der Waals surface area contributed by atoms with Gasteiger partial charge in [0, 0.05) is 23.9 Å². The molecule has 0 saturated carbocycles. The molecule has 0 aromatic heterocycles. The number of carbonyl (C=O) groups is 2. The number of nitrogens with zero attached hydrogens (tertiary/aromatic N) is 2. The second-order valence-electron chi connectivity index (χ2n) is 11.6. The van der Waals surface area contributed by atoms with Gasteiger partial charge in [-0.3, -0.25) is 13.9 Å². The van der Waals surface area contributed by atoms with Crippen molar-refractivity contribution in [3.05, 3.63) is 120 Å².